The fourth-order valence-electron chi connectivity index (χ4n) is 3.83. The highest BCUT2D eigenvalue weighted by atomic mass is 15.3. The average molecular weight is 389 g/mol. The average Bonchev–Trinajstić information content (AvgIpc) is 2.78. The second-order valence-electron chi connectivity index (χ2n) is 7.88. The maximum absolute atomic E-state index is 7.79. The van der Waals surface area contributed by atoms with Gasteiger partial charge in [-0.15, -0.1) is 0 Å². The molecule has 1 fully saturated rings. The Kier molecular flexibility index (Phi) is 5.53. The van der Waals surface area contributed by atoms with Crippen molar-refractivity contribution < 1.29 is 0 Å². The summed E-state index contributed by atoms with van der Waals surface area (Å²) in [6, 6.07) is 11.0. The lowest BCUT2D eigenvalue weighted by Gasteiger charge is -2.38. The van der Waals surface area contributed by atoms with Crippen molar-refractivity contribution in [2.45, 2.75) is 32.7 Å². The van der Waals surface area contributed by atoms with Gasteiger partial charge in [0.25, 0.3) is 0 Å². The van der Waals surface area contributed by atoms with E-state index in [1.165, 1.54) is 10.9 Å². The van der Waals surface area contributed by atoms with Crippen molar-refractivity contribution in [3.63, 3.8) is 0 Å². The van der Waals surface area contributed by atoms with E-state index in [2.05, 4.69) is 55.9 Å². The van der Waals surface area contributed by atoms with E-state index < -0.39 is 0 Å². The van der Waals surface area contributed by atoms with Crippen molar-refractivity contribution in [2.75, 3.05) is 31.1 Å². The molecule has 1 N–H and O–H groups in total. The zero-order valence-electron chi connectivity index (χ0n) is 17.3. The van der Waals surface area contributed by atoms with Crippen LogP contribution in [0.2, 0.25) is 0 Å². The Bertz CT molecular complexity index is 992. The van der Waals surface area contributed by atoms with Crippen molar-refractivity contribution in [2.24, 2.45) is 0 Å². The minimum atomic E-state index is 0.0678. The minimum Gasteiger partial charge on any atom is -0.338 e. The first-order chi connectivity index (χ1) is 14.0. The molecule has 0 saturated carbocycles. The molecule has 0 bridgehead atoms. The summed E-state index contributed by atoms with van der Waals surface area (Å²) < 4.78 is 0. The summed E-state index contributed by atoms with van der Waals surface area (Å²) in [5.74, 6) is 0.851. The van der Waals surface area contributed by atoms with Crippen LogP contribution in [0.25, 0.3) is 10.9 Å². The van der Waals surface area contributed by atoms with Crippen molar-refractivity contribution in [3.05, 3.63) is 60.0 Å². The van der Waals surface area contributed by atoms with Crippen LogP contribution < -0.4 is 4.90 Å². The molecule has 4 rings (SSSR count). The number of pyridine rings is 1. The zero-order valence-corrected chi connectivity index (χ0v) is 17.3. The van der Waals surface area contributed by atoms with Crippen molar-refractivity contribution in [1.29, 1.82) is 5.41 Å². The van der Waals surface area contributed by atoms with Crippen LogP contribution in [0.15, 0.2) is 48.9 Å². The molecule has 6 nitrogen and oxygen atoms in total. The van der Waals surface area contributed by atoms with Crippen molar-refractivity contribution in [1.82, 2.24) is 19.9 Å². The number of piperazine rings is 1. The monoisotopic (exact) mass is 388 g/mol. The highest BCUT2D eigenvalue weighted by Crippen LogP contribution is 2.25. The Hall–Kier alpha value is -2.86. The van der Waals surface area contributed by atoms with Gasteiger partial charge >= 0.3 is 0 Å². The van der Waals surface area contributed by atoms with Gasteiger partial charge in [-0.2, -0.15) is 0 Å². The lowest BCUT2D eigenvalue weighted by Crippen LogP contribution is -2.47. The summed E-state index contributed by atoms with van der Waals surface area (Å²) in [7, 11) is 0. The minimum absolute atomic E-state index is 0.0678. The number of rotatable bonds is 5. The number of anilines is 1. The molecule has 3 heterocycles. The maximum atomic E-state index is 7.79. The Balaban J connectivity index is 1.40. The number of hydrogen-bond acceptors (Lipinski definition) is 6. The molecule has 1 aliphatic heterocycles. The van der Waals surface area contributed by atoms with Gasteiger partial charge in [-0.25, -0.2) is 9.97 Å². The van der Waals surface area contributed by atoms with Crippen LogP contribution >= 0.6 is 0 Å². The molecule has 1 aliphatic rings. The van der Waals surface area contributed by atoms with Crippen molar-refractivity contribution >= 4 is 22.6 Å². The van der Waals surface area contributed by atoms with E-state index in [1.54, 1.807) is 0 Å². The number of benzene rings is 1. The van der Waals surface area contributed by atoms with Crippen LogP contribution in [0.5, 0.6) is 0 Å². The maximum Gasteiger partial charge on any atom is 0.225 e. The quantitative estimate of drug-likeness (QED) is 0.668. The van der Waals surface area contributed by atoms with E-state index >= 15 is 0 Å². The number of hydrogen-bond donors (Lipinski definition) is 1. The standard InChI is InChI=1S/C23H28N6/c1-16(17(2)24)21-14-26-23(27-15-21)29-11-9-28(10-12-29)18(3)20-7-6-19-5-4-8-25-22(19)13-20/h4-8,13-16,18,24H,9-12H2,1-3H3. The van der Waals surface area contributed by atoms with Crippen LogP contribution in [-0.4, -0.2) is 51.7 Å². The molecular formula is C23H28N6. The Labute approximate surface area is 172 Å². The van der Waals surface area contributed by atoms with E-state index in [1.807, 2.05) is 38.5 Å². The van der Waals surface area contributed by atoms with Gasteiger partial charge in [0.2, 0.25) is 5.95 Å². The number of nitrogens with one attached hydrogen (secondary N) is 1. The lowest BCUT2D eigenvalue weighted by atomic mass is 10.0. The summed E-state index contributed by atoms with van der Waals surface area (Å²) in [5, 5.41) is 8.97. The molecule has 0 radical (unpaired) electrons. The van der Waals surface area contributed by atoms with Crippen LogP contribution in [0, 0.1) is 5.41 Å². The van der Waals surface area contributed by atoms with Gasteiger partial charge < -0.3 is 10.3 Å². The van der Waals surface area contributed by atoms with Crippen LogP contribution in [0.3, 0.4) is 0 Å². The van der Waals surface area contributed by atoms with E-state index in [0.717, 1.165) is 43.2 Å². The van der Waals surface area contributed by atoms with E-state index in [0.29, 0.717) is 11.8 Å². The van der Waals surface area contributed by atoms with Gasteiger partial charge in [-0.3, -0.25) is 9.88 Å². The second kappa shape index (κ2) is 8.25. The Morgan fingerprint density at radius 1 is 0.966 bits per heavy atom. The Morgan fingerprint density at radius 2 is 1.69 bits per heavy atom. The molecule has 150 valence electrons. The van der Waals surface area contributed by atoms with Gasteiger partial charge in [-0.05, 0) is 37.1 Å². The van der Waals surface area contributed by atoms with Gasteiger partial charge in [0.05, 0.1) is 5.52 Å². The molecule has 2 aromatic heterocycles. The second-order valence-corrected chi connectivity index (χ2v) is 7.88. The summed E-state index contributed by atoms with van der Waals surface area (Å²) in [6.45, 7) is 9.88. The fraction of sp³-hybridized carbons (Fsp3) is 0.391. The largest absolute Gasteiger partial charge is 0.338 e. The number of nitrogens with zero attached hydrogens (tertiary/aromatic N) is 5. The van der Waals surface area contributed by atoms with Gasteiger partial charge in [0.15, 0.2) is 0 Å². The normalized spacial score (nSPS) is 17.3. The predicted octanol–water partition coefficient (Wildman–Crippen LogP) is 4.05. The van der Waals surface area contributed by atoms with Crippen LogP contribution in [-0.2, 0) is 0 Å². The number of fused-ring (bicyclic) bond motifs is 1. The van der Waals surface area contributed by atoms with E-state index in [9.17, 15) is 0 Å². The molecular weight excluding hydrogens is 360 g/mol. The molecule has 0 amide bonds. The highest BCUT2D eigenvalue weighted by molar-refractivity contribution is 5.85. The Morgan fingerprint density at radius 3 is 2.38 bits per heavy atom. The SMILES string of the molecule is CC(=N)C(C)c1cnc(N2CCN(C(C)c3ccc4cccnc4c3)CC2)nc1. The molecule has 0 aliphatic carbocycles. The third kappa shape index (κ3) is 4.12. The first-order valence-electron chi connectivity index (χ1n) is 10.2. The topological polar surface area (TPSA) is 69.0 Å². The molecule has 3 aromatic rings. The number of aromatic nitrogens is 3. The van der Waals surface area contributed by atoms with Crippen LogP contribution in [0.4, 0.5) is 5.95 Å². The third-order valence-corrected chi connectivity index (χ3v) is 6.06. The van der Waals surface area contributed by atoms with Gasteiger partial charge in [-0.1, -0.05) is 25.1 Å². The molecule has 6 heteroatoms. The van der Waals surface area contributed by atoms with Crippen molar-refractivity contribution in [3.8, 4) is 0 Å². The first-order valence-corrected chi connectivity index (χ1v) is 10.2. The van der Waals surface area contributed by atoms with Gasteiger partial charge in [0.1, 0.15) is 0 Å². The van der Waals surface area contributed by atoms with Crippen LogP contribution in [0.1, 0.15) is 43.9 Å². The highest BCUT2D eigenvalue weighted by Gasteiger charge is 2.23. The zero-order chi connectivity index (χ0) is 20.4. The van der Waals surface area contributed by atoms with E-state index in [4.69, 9.17) is 5.41 Å². The molecule has 29 heavy (non-hydrogen) atoms. The lowest BCUT2D eigenvalue weighted by molar-refractivity contribution is 0.198. The fourth-order valence-corrected chi connectivity index (χ4v) is 3.83. The van der Waals surface area contributed by atoms with Gasteiger partial charge in [0, 0.05) is 67.8 Å². The summed E-state index contributed by atoms with van der Waals surface area (Å²) in [6.07, 6.45) is 5.58. The molecule has 2 atom stereocenters. The smallest absolute Gasteiger partial charge is 0.225 e. The predicted molar refractivity (Wildman–Crippen MR) is 118 cm³/mol. The summed E-state index contributed by atoms with van der Waals surface area (Å²) in [5.41, 5.74) is 3.99. The molecule has 0 spiro atoms. The third-order valence-electron chi connectivity index (χ3n) is 6.06. The molecule has 1 saturated heterocycles. The molecule has 2 unspecified atom stereocenters. The molecule has 1 aromatic carbocycles. The van der Waals surface area contributed by atoms with E-state index in [-0.39, 0.29) is 5.92 Å². The summed E-state index contributed by atoms with van der Waals surface area (Å²) in [4.78, 5) is 18.4. The first kappa shape index (κ1) is 19.5. The summed E-state index contributed by atoms with van der Waals surface area (Å²) >= 11 is 0.